The van der Waals surface area contributed by atoms with Crippen molar-refractivity contribution in [1.29, 1.82) is 0 Å². The molecule has 0 unspecified atom stereocenters. The molecule has 0 saturated carbocycles. The number of rotatable bonds is 4. The van der Waals surface area contributed by atoms with E-state index in [4.69, 9.17) is 22.4 Å². The molecule has 0 amide bonds. The van der Waals surface area contributed by atoms with E-state index in [9.17, 15) is 14.3 Å². The summed E-state index contributed by atoms with van der Waals surface area (Å²) in [5.41, 5.74) is 1.36. The van der Waals surface area contributed by atoms with E-state index >= 15 is 0 Å². The van der Waals surface area contributed by atoms with Crippen molar-refractivity contribution < 1.29 is 19.4 Å². The number of hydrogen-bond acceptors (Lipinski definition) is 3. The molecule has 0 aliphatic rings. The molecule has 0 aliphatic heterocycles. The molecule has 4 nitrogen and oxygen atoms in total. The molecule has 0 aliphatic carbocycles. The third-order valence-electron chi connectivity index (χ3n) is 2.19. The molecule has 2 atom stereocenters. The van der Waals surface area contributed by atoms with E-state index in [1.807, 2.05) is 0 Å². The molecular formula is C10H11ClFNO3. The molecule has 6 heteroatoms. The number of phenols is 1. The number of carbonyl (C=O) groups is 1. The summed E-state index contributed by atoms with van der Waals surface area (Å²) < 4.78 is 13.0. The van der Waals surface area contributed by atoms with Crippen LogP contribution in [0.3, 0.4) is 0 Å². The molecule has 1 aromatic rings. The zero-order valence-electron chi connectivity index (χ0n) is 8.23. The van der Waals surface area contributed by atoms with Crippen LogP contribution in [-0.4, -0.2) is 27.4 Å². The quantitative estimate of drug-likeness (QED) is 0.700. The lowest BCUT2D eigenvalue weighted by Gasteiger charge is -2.24. The number of carboxylic acid groups (broad SMARTS) is 1. The molecule has 16 heavy (non-hydrogen) atoms. The van der Waals surface area contributed by atoms with Gasteiger partial charge in [-0.2, -0.15) is 0 Å². The highest BCUT2D eigenvalue weighted by atomic mass is 35.5. The minimum absolute atomic E-state index is 0.0461. The largest absolute Gasteiger partial charge is 0.508 e. The van der Waals surface area contributed by atoms with Crippen LogP contribution in [0, 0.1) is 0 Å². The Hall–Kier alpha value is -1.33. The molecule has 0 saturated heterocycles. The number of halogens is 2. The van der Waals surface area contributed by atoms with Gasteiger partial charge in [0.25, 0.3) is 0 Å². The standard InChI is InChI=1S/C10H11ClFNO3/c11-8(12)10(13,9(15)16)5-6-2-1-3-7(14)4-6/h1-4,8,14H,5,13H2,(H,15,16)/t8-,10+/m1/s1. The van der Waals surface area contributed by atoms with Gasteiger partial charge in [0.2, 0.25) is 5.63 Å². The second-order valence-electron chi connectivity index (χ2n) is 3.49. The number of hydrogen-bond donors (Lipinski definition) is 3. The van der Waals surface area contributed by atoms with Gasteiger partial charge in [-0.3, -0.25) is 4.79 Å². The van der Waals surface area contributed by atoms with Crippen molar-refractivity contribution in [2.24, 2.45) is 5.73 Å². The van der Waals surface area contributed by atoms with Gasteiger partial charge in [-0.25, -0.2) is 4.39 Å². The van der Waals surface area contributed by atoms with Gasteiger partial charge < -0.3 is 15.9 Å². The van der Waals surface area contributed by atoms with Crippen LogP contribution in [0.2, 0.25) is 0 Å². The van der Waals surface area contributed by atoms with Gasteiger partial charge in [0.1, 0.15) is 5.75 Å². The van der Waals surface area contributed by atoms with Gasteiger partial charge in [0.15, 0.2) is 5.54 Å². The molecule has 4 N–H and O–H groups in total. The zero-order chi connectivity index (χ0) is 12.3. The van der Waals surface area contributed by atoms with Crippen molar-refractivity contribution in [3.8, 4) is 5.75 Å². The topological polar surface area (TPSA) is 83.5 Å². The number of nitrogens with two attached hydrogens (primary N) is 1. The Morgan fingerprint density at radius 2 is 2.25 bits per heavy atom. The third kappa shape index (κ3) is 2.62. The minimum Gasteiger partial charge on any atom is -0.508 e. The van der Waals surface area contributed by atoms with Crippen LogP contribution in [0.4, 0.5) is 4.39 Å². The first-order valence-electron chi connectivity index (χ1n) is 4.44. The summed E-state index contributed by atoms with van der Waals surface area (Å²) in [7, 11) is 0. The van der Waals surface area contributed by atoms with Crippen LogP contribution in [0.1, 0.15) is 5.56 Å². The summed E-state index contributed by atoms with van der Waals surface area (Å²) in [5, 5.41) is 18.0. The Kier molecular flexibility index (Phi) is 3.72. The van der Waals surface area contributed by atoms with Crippen molar-refractivity contribution in [2.45, 2.75) is 17.6 Å². The summed E-state index contributed by atoms with van der Waals surface area (Å²) in [5.74, 6) is -1.58. The van der Waals surface area contributed by atoms with Crippen LogP contribution >= 0.6 is 11.6 Å². The van der Waals surface area contributed by atoms with Gasteiger partial charge in [-0.05, 0) is 17.7 Å². The summed E-state index contributed by atoms with van der Waals surface area (Å²) in [6, 6.07) is 5.76. The molecule has 0 aromatic heterocycles. The van der Waals surface area contributed by atoms with E-state index in [1.54, 1.807) is 0 Å². The highest BCUT2D eigenvalue weighted by Crippen LogP contribution is 2.22. The average molecular weight is 248 g/mol. The van der Waals surface area contributed by atoms with Gasteiger partial charge in [0.05, 0.1) is 0 Å². The number of aromatic hydroxyl groups is 1. The van der Waals surface area contributed by atoms with E-state index in [0.717, 1.165) is 0 Å². The maximum Gasteiger partial charge on any atom is 0.328 e. The van der Waals surface area contributed by atoms with E-state index in [-0.39, 0.29) is 12.2 Å². The fourth-order valence-corrected chi connectivity index (χ4v) is 1.42. The van der Waals surface area contributed by atoms with Gasteiger partial charge >= 0.3 is 5.97 Å². The normalized spacial score (nSPS) is 16.4. The Morgan fingerprint density at radius 1 is 1.62 bits per heavy atom. The van der Waals surface area contributed by atoms with Crippen LogP contribution in [0.5, 0.6) is 5.75 Å². The van der Waals surface area contributed by atoms with Crippen LogP contribution in [-0.2, 0) is 11.2 Å². The van der Waals surface area contributed by atoms with Crippen molar-refractivity contribution >= 4 is 17.6 Å². The Bertz CT molecular complexity index is 399. The number of alkyl halides is 2. The minimum atomic E-state index is -2.22. The number of benzene rings is 1. The van der Waals surface area contributed by atoms with Crippen molar-refractivity contribution in [2.75, 3.05) is 0 Å². The van der Waals surface area contributed by atoms with Crippen LogP contribution in [0.15, 0.2) is 24.3 Å². The molecule has 0 spiro atoms. The molecule has 1 rings (SSSR count). The van der Waals surface area contributed by atoms with E-state index < -0.39 is 17.1 Å². The maximum absolute atomic E-state index is 13.0. The lowest BCUT2D eigenvalue weighted by Crippen LogP contribution is -2.55. The molecule has 88 valence electrons. The summed E-state index contributed by atoms with van der Waals surface area (Å²) in [6.07, 6.45) is -0.304. The first-order chi connectivity index (χ1) is 7.36. The molecule has 1 aromatic carbocycles. The predicted octanol–water partition coefficient (Wildman–Crippen LogP) is 1.25. The first kappa shape index (κ1) is 12.7. The fourth-order valence-electron chi connectivity index (χ4n) is 1.25. The van der Waals surface area contributed by atoms with Crippen molar-refractivity contribution in [1.82, 2.24) is 0 Å². The van der Waals surface area contributed by atoms with Crippen LogP contribution < -0.4 is 5.73 Å². The average Bonchev–Trinajstić information content (AvgIpc) is 2.16. The maximum atomic E-state index is 13.0. The SMILES string of the molecule is N[C@](Cc1cccc(O)c1)(C(=O)O)[C@@H](F)Cl. The summed E-state index contributed by atoms with van der Waals surface area (Å²) >= 11 is 5.13. The smallest absolute Gasteiger partial charge is 0.328 e. The molecule has 0 radical (unpaired) electrons. The Labute approximate surface area is 96.4 Å². The van der Waals surface area contributed by atoms with E-state index in [1.165, 1.54) is 24.3 Å². The highest BCUT2D eigenvalue weighted by molar-refractivity contribution is 6.22. The van der Waals surface area contributed by atoms with Gasteiger partial charge in [-0.15, -0.1) is 0 Å². The second kappa shape index (κ2) is 4.67. The monoisotopic (exact) mass is 247 g/mol. The third-order valence-corrected chi connectivity index (χ3v) is 2.58. The molecule has 0 fully saturated rings. The molecular weight excluding hydrogens is 237 g/mol. The lowest BCUT2D eigenvalue weighted by atomic mass is 9.93. The van der Waals surface area contributed by atoms with Crippen molar-refractivity contribution in [3.63, 3.8) is 0 Å². The zero-order valence-corrected chi connectivity index (χ0v) is 8.99. The van der Waals surface area contributed by atoms with Gasteiger partial charge in [0, 0.05) is 6.42 Å². The first-order valence-corrected chi connectivity index (χ1v) is 4.88. The van der Waals surface area contributed by atoms with Crippen molar-refractivity contribution in [3.05, 3.63) is 29.8 Å². The predicted molar refractivity (Wildman–Crippen MR) is 57.1 cm³/mol. The van der Waals surface area contributed by atoms with Crippen LogP contribution in [0.25, 0.3) is 0 Å². The number of phenolic OH excluding ortho intramolecular Hbond substituents is 1. The van der Waals surface area contributed by atoms with E-state index in [0.29, 0.717) is 5.56 Å². The number of carboxylic acids is 1. The second-order valence-corrected chi connectivity index (χ2v) is 3.88. The summed E-state index contributed by atoms with van der Waals surface area (Å²) in [6.45, 7) is 0. The van der Waals surface area contributed by atoms with E-state index in [2.05, 4.69) is 0 Å². The Balaban J connectivity index is 2.97. The highest BCUT2D eigenvalue weighted by Gasteiger charge is 2.42. The summed E-state index contributed by atoms with van der Waals surface area (Å²) in [4.78, 5) is 10.8. The van der Waals surface area contributed by atoms with Gasteiger partial charge in [-0.1, -0.05) is 23.7 Å². The number of aliphatic carboxylic acids is 1. The lowest BCUT2D eigenvalue weighted by molar-refractivity contribution is -0.144. The fraction of sp³-hybridized carbons (Fsp3) is 0.300. The molecule has 0 heterocycles. The Morgan fingerprint density at radius 3 is 2.69 bits per heavy atom. The molecule has 0 bridgehead atoms.